The number of benzene rings is 1. The molecule has 8 nitrogen and oxygen atoms in total. The number of nitrogens with one attached hydrogen (secondary N) is 1. The Bertz CT molecular complexity index is 1340. The Kier molecular flexibility index (Phi) is 6.50. The number of aromatic nitrogens is 3. The zero-order chi connectivity index (χ0) is 23.5. The minimum atomic E-state index is -0.326. The third kappa shape index (κ3) is 4.63. The van der Waals surface area contributed by atoms with Gasteiger partial charge in [-0.1, -0.05) is 12.1 Å². The molecule has 4 rings (SSSR count). The number of carbonyl (C=O) groups is 1. The van der Waals surface area contributed by atoms with Gasteiger partial charge in [0.25, 0.3) is 11.5 Å². The van der Waals surface area contributed by atoms with Crippen LogP contribution in [0.2, 0.25) is 0 Å². The number of nitrogens with zero attached hydrogens (tertiary/aromatic N) is 3. The summed E-state index contributed by atoms with van der Waals surface area (Å²) >= 11 is 1.64. The second-order valence-corrected chi connectivity index (χ2v) is 8.71. The first-order valence-corrected chi connectivity index (χ1v) is 11.5. The van der Waals surface area contributed by atoms with Crippen molar-refractivity contribution in [1.82, 2.24) is 19.7 Å². The number of aromatic amines is 1. The number of hydrogen-bond donors (Lipinski definition) is 1. The van der Waals surface area contributed by atoms with Crippen LogP contribution in [0.5, 0.6) is 11.5 Å². The first-order valence-electron chi connectivity index (χ1n) is 10.6. The van der Waals surface area contributed by atoms with E-state index in [1.54, 1.807) is 36.5 Å². The lowest BCUT2D eigenvalue weighted by molar-refractivity contribution is 0.0754. The molecule has 9 heteroatoms. The molecule has 33 heavy (non-hydrogen) atoms. The maximum Gasteiger partial charge on any atom is 0.274 e. The van der Waals surface area contributed by atoms with Crippen molar-refractivity contribution in [3.8, 4) is 11.5 Å². The molecule has 0 bridgehead atoms. The summed E-state index contributed by atoms with van der Waals surface area (Å²) in [5, 5.41) is 5.00. The molecule has 0 spiro atoms. The fourth-order valence-corrected chi connectivity index (χ4v) is 4.36. The van der Waals surface area contributed by atoms with E-state index in [4.69, 9.17) is 9.47 Å². The minimum absolute atomic E-state index is 0.221. The molecule has 4 aromatic rings. The summed E-state index contributed by atoms with van der Waals surface area (Å²) < 4.78 is 13.0. The number of pyridine rings is 1. The SMILES string of the molecule is CCN(Cc1ccc(OCc2cccs2)c(OC)c1)C(=O)c1cc(C)nc2c1c(=O)[nH]n2C. The highest BCUT2D eigenvalue weighted by Gasteiger charge is 2.22. The van der Waals surface area contributed by atoms with Gasteiger partial charge in [0.2, 0.25) is 0 Å². The summed E-state index contributed by atoms with van der Waals surface area (Å²) in [6.45, 7) is 5.03. The van der Waals surface area contributed by atoms with Gasteiger partial charge >= 0.3 is 0 Å². The van der Waals surface area contributed by atoms with Crippen molar-refractivity contribution >= 4 is 28.3 Å². The number of hydrogen-bond acceptors (Lipinski definition) is 6. The van der Waals surface area contributed by atoms with Crippen LogP contribution < -0.4 is 15.0 Å². The Morgan fingerprint density at radius 2 is 2.06 bits per heavy atom. The maximum absolute atomic E-state index is 13.4. The van der Waals surface area contributed by atoms with E-state index in [0.29, 0.717) is 53.5 Å². The molecule has 172 valence electrons. The van der Waals surface area contributed by atoms with Gasteiger partial charge in [0, 0.05) is 30.7 Å². The van der Waals surface area contributed by atoms with E-state index in [-0.39, 0.29) is 11.5 Å². The van der Waals surface area contributed by atoms with Crippen molar-refractivity contribution in [2.24, 2.45) is 7.05 Å². The summed E-state index contributed by atoms with van der Waals surface area (Å²) in [5.74, 6) is 1.03. The molecule has 0 saturated carbocycles. The van der Waals surface area contributed by atoms with Gasteiger partial charge in [-0.05, 0) is 49.1 Å². The molecule has 0 aliphatic heterocycles. The van der Waals surface area contributed by atoms with Crippen molar-refractivity contribution in [2.45, 2.75) is 27.0 Å². The second kappa shape index (κ2) is 9.50. The van der Waals surface area contributed by atoms with Gasteiger partial charge in [-0.25, -0.2) is 4.98 Å². The molecular formula is C24H26N4O4S. The van der Waals surface area contributed by atoms with Gasteiger partial charge in [0.05, 0.1) is 18.1 Å². The van der Waals surface area contributed by atoms with Crippen molar-refractivity contribution in [2.75, 3.05) is 13.7 Å². The van der Waals surface area contributed by atoms with Crippen molar-refractivity contribution in [3.63, 3.8) is 0 Å². The lowest BCUT2D eigenvalue weighted by atomic mass is 10.1. The first kappa shape index (κ1) is 22.6. The van der Waals surface area contributed by atoms with Gasteiger partial charge in [-0.15, -0.1) is 11.3 Å². The van der Waals surface area contributed by atoms with Gasteiger partial charge < -0.3 is 14.4 Å². The largest absolute Gasteiger partial charge is 0.493 e. The van der Waals surface area contributed by atoms with Crippen LogP contribution in [0.3, 0.4) is 0 Å². The molecule has 0 fully saturated rings. The van der Waals surface area contributed by atoms with Crippen LogP contribution in [0.1, 0.15) is 33.4 Å². The summed E-state index contributed by atoms with van der Waals surface area (Å²) in [6, 6.07) is 11.3. The second-order valence-electron chi connectivity index (χ2n) is 7.68. The average Bonchev–Trinajstić information content (AvgIpc) is 3.43. The Balaban J connectivity index is 1.58. The average molecular weight is 467 g/mol. The number of amides is 1. The highest BCUT2D eigenvalue weighted by molar-refractivity contribution is 7.09. The van der Waals surface area contributed by atoms with E-state index >= 15 is 0 Å². The topological polar surface area (TPSA) is 89.5 Å². The Labute approximate surface area is 195 Å². The fraction of sp³-hybridized carbons (Fsp3) is 0.292. The predicted molar refractivity (Wildman–Crippen MR) is 128 cm³/mol. The highest BCUT2D eigenvalue weighted by atomic mass is 32.1. The molecule has 1 N–H and O–H groups in total. The first-order chi connectivity index (χ1) is 15.9. The molecular weight excluding hydrogens is 440 g/mol. The number of H-pyrrole nitrogens is 1. The van der Waals surface area contributed by atoms with Crippen LogP contribution in [0.15, 0.2) is 46.6 Å². The van der Waals surface area contributed by atoms with Crippen molar-refractivity contribution in [1.29, 1.82) is 0 Å². The third-order valence-corrected chi connectivity index (χ3v) is 6.24. The number of rotatable bonds is 8. The standard InChI is InChI=1S/C24H26N4O4S/c1-5-28(24(30)18-11-15(2)25-22-21(18)23(29)26-27(22)3)13-16-8-9-19(20(12-16)31-4)32-14-17-7-6-10-33-17/h6-12H,5,13-14H2,1-4H3,(H,26,29). The fourth-order valence-electron chi connectivity index (χ4n) is 3.74. The molecule has 3 heterocycles. The quantitative estimate of drug-likeness (QED) is 0.426. The molecule has 0 radical (unpaired) electrons. The number of thiophene rings is 1. The summed E-state index contributed by atoms with van der Waals surface area (Å²) in [4.78, 5) is 33.1. The Morgan fingerprint density at radius 1 is 1.24 bits per heavy atom. The number of fused-ring (bicyclic) bond motifs is 1. The predicted octanol–water partition coefficient (Wildman–Crippen LogP) is 3.88. The Morgan fingerprint density at radius 3 is 2.76 bits per heavy atom. The minimum Gasteiger partial charge on any atom is -0.493 e. The summed E-state index contributed by atoms with van der Waals surface area (Å²) in [6.07, 6.45) is 0. The lowest BCUT2D eigenvalue weighted by Crippen LogP contribution is -2.31. The van der Waals surface area contributed by atoms with Crippen LogP contribution in [-0.4, -0.2) is 39.2 Å². The van der Waals surface area contributed by atoms with E-state index < -0.39 is 0 Å². The van der Waals surface area contributed by atoms with Crippen LogP contribution in [0.4, 0.5) is 0 Å². The molecule has 1 amide bonds. The molecule has 0 aliphatic carbocycles. The third-order valence-electron chi connectivity index (χ3n) is 5.39. The van der Waals surface area contributed by atoms with Crippen LogP contribution >= 0.6 is 11.3 Å². The number of carbonyl (C=O) groups excluding carboxylic acids is 1. The van der Waals surface area contributed by atoms with E-state index in [1.807, 2.05) is 49.6 Å². The highest BCUT2D eigenvalue weighted by Crippen LogP contribution is 2.30. The van der Waals surface area contributed by atoms with Gasteiger partial charge in [-0.2, -0.15) is 0 Å². The lowest BCUT2D eigenvalue weighted by Gasteiger charge is -2.22. The van der Waals surface area contributed by atoms with E-state index in [1.165, 1.54) is 4.68 Å². The molecule has 0 aliphatic rings. The molecule has 1 aromatic carbocycles. The normalized spacial score (nSPS) is 11.0. The van der Waals surface area contributed by atoms with E-state index in [0.717, 1.165) is 10.4 Å². The molecule has 3 aromatic heterocycles. The van der Waals surface area contributed by atoms with E-state index in [2.05, 4.69) is 10.1 Å². The zero-order valence-electron chi connectivity index (χ0n) is 19.0. The Hall–Kier alpha value is -3.59. The van der Waals surface area contributed by atoms with Gasteiger partial charge in [0.15, 0.2) is 17.1 Å². The monoisotopic (exact) mass is 466 g/mol. The zero-order valence-corrected chi connectivity index (χ0v) is 19.9. The molecule has 0 saturated heterocycles. The van der Waals surface area contributed by atoms with Gasteiger partial charge in [0.1, 0.15) is 6.61 Å². The van der Waals surface area contributed by atoms with Crippen molar-refractivity contribution < 1.29 is 14.3 Å². The maximum atomic E-state index is 13.4. The van der Waals surface area contributed by atoms with Gasteiger partial charge in [-0.3, -0.25) is 19.4 Å². The summed E-state index contributed by atoms with van der Waals surface area (Å²) in [5.41, 5.74) is 2.06. The van der Waals surface area contributed by atoms with Crippen LogP contribution in [0, 0.1) is 6.92 Å². The van der Waals surface area contributed by atoms with E-state index in [9.17, 15) is 9.59 Å². The number of aryl methyl sites for hydroxylation is 2. The van der Waals surface area contributed by atoms with Crippen LogP contribution in [0.25, 0.3) is 11.0 Å². The smallest absolute Gasteiger partial charge is 0.274 e. The van der Waals surface area contributed by atoms with Crippen LogP contribution in [-0.2, 0) is 20.2 Å². The summed E-state index contributed by atoms with van der Waals surface area (Å²) in [7, 11) is 3.30. The molecule has 0 atom stereocenters. The number of methoxy groups -OCH3 is 1. The molecule has 0 unspecified atom stereocenters. The van der Waals surface area contributed by atoms with Crippen molar-refractivity contribution in [3.05, 3.63) is 73.8 Å². The number of ether oxygens (including phenoxy) is 2.